The molecule has 3 heteroatoms. The van der Waals surface area contributed by atoms with Crippen LogP contribution in [0.3, 0.4) is 0 Å². The van der Waals surface area contributed by atoms with Crippen LogP contribution in [0, 0.1) is 37.5 Å². The van der Waals surface area contributed by atoms with Gasteiger partial charge in [-0.3, -0.25) is 9.78 Å². The summed E-state index contributed by atoms with van der Waals surface area (Å²) in [6.45, 7) is 4.03. The summed E-state index contributed by atoms with van der Waals surface area (Å²) in [4.78, 5) is 17.7. The number of rotatable bonds is 2. The zero-order chi connectivity index (χ0) is 17.1. The van der Waals surface area contributed by atoms with Gasteiger partial charge in [-0.05, 0) is 87.8 Å². The van der Waals surface area contributed by atoms with Gasteiger partial charge in [0.25, 0.3) is 5.91 Å². The monoisotopic (exact) mass is 334 g/mol. The first kappa shape index (κ1) is 15.4. The maximum absolute atomic E-state index is 13.0. The number of carbonyl (C=O) groups excluding carboxylic acids is 1. The summed E-state index contributed by atoms with van der Waals surface area (Å²) in [6.07, 6.45) is 6.75. The molecule has 1 amide bonds. The highest BCUT2D eigenvalue weighted by Gasteiger charge is 2.48. The van der Waals surface area contributed by atoms with Gasteiger partial charge >= 0.3 is 0 Å². The summed E-state index contributed by atoms with van der Waals surface area (Å²) in [7, 11) is 0. The lowest BCUT2D eigenvalue weighted by Crippen LogP contribution is -2.55. The van der Waals surface area contributed by atoms with Crippen LogP contribution < -0.4 is 5.32 Å². The fourth-order valence-corrected chi connectivity index (χ4v) is 6.01. The van der Waals surface area contributed by atoms with Crippen LogP contribution >= 0.6 is 0 Å². The van der Waals surface area contributed by atoms with Crippen LogP contribution in [-0.4, -0.2) is 16.9 Å². The van der Waals surface area contributed by atoms with Crippen LogP contribution in [0.1, 0.15) is 53.7 Å². The summed E-state index contributed by atoms with van der Waals surface area (Å²) < 4.78 is 0. The van der Waals surface area contributed by atoms with Gasteiger partial charge in [-0.25, -0.2) is 0 Å². The maximum Gasteiger partial charge on any atom is 0.253 e. The lowest BCUT2D eigenvalue weighted by Gasteiger charge is -2.54. The summed E-state index contributed by atoms with van der Waals surface area (Å²) in [5.74, 6) is 3.35. The van der Waals surface area contributed by atoms with Crippen molar-refractivity contribution in [3.63, 3.8) is 0 Å². The van der Waals surface area contributed by atoms with E-state index >= 15 is 0 Å². The van der Waals surface area contributed by atoms with Gasteiger partial charge in [0.15, 0.2) is 0 Å². The Hall–Kier alpha value is -1.90. The van der Waals surface area contributed by atoms with Crippen LogP contribution in [0.15, 0.2) is 24.3 Å². The number of aryl methyl sites for hydroxylation is 2. The molecular weight excluding hydrogens is 308 g/mol. The van der Waals surface area contributed by atoms with Crippen LogP contribution in [0.5, 0.6) is 0 Å². The fraction of sp³-hybridized carbons (Fsp3) is 0.545. The van der Waals surface area contributed by atoms with Gasteiger partial charge in [0.05, 0.1) is 16.8 Å². The molecule has 1 aromatic heterocycles. The lowest BCUT2D eigenvalue weighted by molar-refractivity contribution is -0.0119. The van der Waals surface area contributed by atoms with E-state index in [1.54, 1.807) is 0 Å². The molecule has 0 saturated heterocycles. The van der Waals surface area contributed by atoms with Crippen molar-refractivity contribution in [1.82, 2.24) is 10.3 Å². The Morgan fingerprint density at radius 1 is 1.00 bits per heavy atom. The third-order valence-corrected chi connectivity index (χ3v) is 6.93. The SMILES string of the molecule is Cc1ccc2nc(C)c(C(=O)NC3C4CC5CC(C4)CC3C5)cc2c1. The second-order valence-electron chi connectivity index (χ2n) is 8.75. The highest BCUT2D eigenvalue weighted by atomic mass is 16.1. The Morgan fingerprint density at radius 2 is 1.68 bits per heavy atom. The molecular formula is C22H26N2O. The molecule has 25 heavy (non-hydrogen) atoms. The predicted octanol–water partition coefficient (Wildman–Crippen LogP) is 4.41. The molecule has 0 radical (unpaired) electrons. The van der Waals surface area contributed by atoms with Crippen LogP contribution in [0.2, 0.25) is 0 Å². The predicted molar refractivity (Wildman–Crippen MR) is 99.5 cm³/mol. The maximum atomic E-state index is 13.0. The molecule has 130 valence electrons. The Labute approximate surface area is 149 Å². The van der Waals surface area contributed by atoms with E-state index in [0.29, 0.717) is 17.9 Å². The van der Waals surface area contributed by atoms with E-state index in [1.165, 1.54) is 37.7 Å². The average molecular weight is 334 g/mol. The minimum atomic E-state index is 0.0749. The molecule has 0 spiro atoms. The minimum Gasteiger partial charge on any atom is -0.349 e. The first-order valence-corrected chi connectivity index (χ1v) is 9.75. The van der Waals surface area contributed by atoms with Gasteiger partial charge in [-0.2, -0.15) is 0 Å². The fourth-order valence-electron chi connectivity index (χ4n) is 6.01. The first-order chi connectivity index (χ1) is 12.1. The molecule has 6 rings (SSSR count). The topological polar surface area (TPSA) is 42.0 Å². The molecule has 4 aliphatic rings. The zero-order valence-corrected chi connectivity index (χ0v) is 15.1. The number of hydrogen-bond acceptors (Lipinski definition) is 2. The summed E-state index contributed by atoms with van der Waals surface area (Å²) in [5.41, 5.74) is 3.74. The third-order valence-electron chi connectivity index (χ3n) is 6.93. The second kappa shape index (κ2) is 5.55. The number of benzene rings is 1. The molecule has 0 atom stereocenters. The van der Waals surface area contributed by atoms with Crippen molar-refractivity contribution in [2.75, 3.05) is 0 Å². The van der Waals surface area contributed by atoms with Crippen molar-refractivity contribution < 1.29 is 4.79 Å². The Bertz CT molecular complexity index is 828. The standard InChI is InChI=1S/C22H26N2O/c1-12-3-4-20-16(5-12)11-19(13(2)23-20)22(25)24-21-17-7-14-6-15(9-17)10-18(21)8-14/h3-5,11,14-15,17-18,21H,6-10H2,1-2H3,(H,24,25). The highest BCUT2D eigenvalue weighted by molar-refractivity contribution is 5.98. The highest BCUT2D eigenvalue weighted by Crippen LogP contribution is 2.53. The Kier molecular flexibility index (Phi) is 3.41. The number of aromatic nitrogens is 1. The zero-order valence-electron chi connectivity index (χ0n) is 15.1. The number of amides is 1. The van der Waals surface area contributed by atoms with E-state index in [2.05, 4.69) is 29.4 Å². The Balaban J connectivity index is 1.43. The molecule has 1 heterocycles. The van der Waals surface area contributed by atoms with E-state index in [9.17, 15) is 4.79 Å². The first-order valence-electron chi connectivity index (χ1n) is 9.75. The van der Waals surface area contributed by atoms with Crippen molar-refractivity contribution >= 4 is 16.8 Å². The number of nitrogens with one attached hydrogen (secondary N) is 1. The lowest BCUT2D eigenvalue weighted by atomic mass is 9.54. The molecule has 3 nitrogen and oxygen atoms in total. The number of nitrogens with zero attached hydrogens (tertiary/aromatic N) is 1. The van der Waals surface area contributed by atoms with Gasteiger partial charge in [-0.1, -0.05) is 11.6 Å². The minimum absolute atomic E-state index is 0.0749. The van der Waals surface area contributed by atoms with Crippen molar-refractivity contribution in [2.24, 2.45) is 23.7 Å². The van der Waals surface area contributed by atoms with Crippen LogP contribution in [-0.2, 0) is 0 Å². The molecule has 2 aromatic rings. The van der Waals surface area contributed by atoms with Gasteiger partial charge in [-0.15, -0.1) is 0 Å². The number of hydrogen-bond donors (Lipinski definition) is 1. The van der Waals surface area contributed by atoms with Gasteiger partial charge in [0, 0.05) is 11.4 Å². The second-order valence-corrected chi connectivity index (χ2v) is 8.75. The number of pyridine rings is 1. The van der Waals surface area contributed by atoms with Crippen molar-refractivity contribution in [2.45, 2.75) is 52.0 Å². The van der Waals surface area contributed by atoms with E-state index in [-0.39, 0.29) is 5.91 Å². The van der Waals surface area contributed by atoms with Crippen molar-refractivity contribution in [3.8, 4) is 0 Å². The molecule has 1 aromatic carbocycles. The van der Waals surface area contributed by atoms with E-state index in [0.717, 1.165) is 34.0 Å². The number of fused-ring (bicyclic) bond motifs is 1. The molecule has 1 N–H and O–H groups in total. The summed E-state index contributed by atoms with van der Waals surface area (Å²) >= 11 is 0. The molecule has 0 aliphatic heterocycles. The normalized spacial score (nSPS) is 33.0. The molecule has 4 aliphatic carbocycles. The quantitative estimate of drug-likeness (QED) is 0.884. The van der Waals surface area contributed by atoms with Crippen molar-refractivity contribution in [3.05, 3.63) is 41.1 Å². The summed E-state index contributed by atoms with van der Waals surface area (Å²) in [5, 5.41) is 4.48. The Morgan fingerprint density at radius 3 is 2.36 bits per heavy atom. The third kappa shape index (κ3) is 2.56. The summed E-state index contributed by atoms with van der Waals surface area (Å²) in [6, 6.07) is 8.63. The van der Waals surface area contributed by atoms with E-state index in [4.69, 9.17) is 0 Å². The largest absolute Gasteiger partial charge is 0.349 e. The molecule has 4 saturated carbocycles. The number of carbonyl (C=O) groups is 1. The average Bonchev–Trinajstić information content (AvgIpc) is 2.57. The van der Waals surface area contributed by atoms with Gasteiger partial charge in [0.1, 0.15) is 0 Å². The molecule has 4 bridgehead atoms. The van der Waals surface area contributed by atoms with Crippen LogP contribution in [0.4, 0.5) is 0 Å². The molecule has 0 unspecified atom stereocenters. The van der Waals surface area contributed by atoms with Gasteiger partial charge < -0.3 is 5.32 Å². The van der Waals surface area contributed by atoms with E-state index < -0.39 is 0 Å². The van der Waals surface area contributed by atoms with Gasteiger partial charge in [0.2, 0.25) is 0 Å². The smallest absolute Gasteiger partial charge is 0.253 e. The van der Waals surface area contributed by atoms with Crippen LogP contribution in [0.25, 0.3) is 10.9 Å². The van der Waals surface area contributed by atoms with E-state index in [1.807, 2.05) is 19.1 Å². The van der Waals surface area contributed by atoms with Crippen molar-refractivity contribution in [1.29, 1.82) is 0 Å². The molecule has 4 fully saturated rings.